The zero-order valence-corrected chi connectivity index (χ0v) is 25.0. The second-order valence-electron chi connectivity index (χ2n) is 8.71. The van der Waals surface area contributed by atoms with Gasteiger partial charge in [-0.2, -0.15) is 0 Å². The van der Waals surface area contributed by atoms with E-state index < -0.39 is 28.5 Å². The van der Waals surface area contributed by atoms with Crippen molar-refractivity contribution >= 4 is 73.9 Å². The number of hydrogen-bond acceptors (Lipinski definition) is 4. The van der Waals surface area contributed by atoms with Crippen molar-refractivity contribution in [1.29, 1.82) is 0 Å². The van der Waals surface area contributed by atoms with Crippen molar-refractivity contribution < 1.29 is 18.0 Å². The maximum absolute atomic E-state index is 14.0. The normalized spacial score (nSPS) is 12.1. The number of hydrogen-bond donors (Lipinski definition) is 1. The zero-order chi connectivity index (χ0) is 28.7. The highest BCUT2D eigenvalue weighted by Crippen LogP contribution is 2.34. The summed E-state index contributed by atoms with van der Waals surface area (Å²) in [4.78, 5) is 28.6. The van der Waals surface area contributed by atoms with Crippen molar-refractivity contribution in [3.63, 3.8) is 0 Å². The molecule has 3 aromatic rings. The van der Waals surface area contributed by atoms with E-state index in [1.54, 1.807) is 25.1 Å². The Hall–Kier alpha value is -2.49. The Kier molecular flexibility index (Phi) is 10.9. The van der Waals surface area contributed by atoms with Crippen LogP contribution >= 0.6 is 46.4 Å². The molecule has 0 radical (unpaired) electrons. The van der Waals surface area contributed by atoms with Gasteiger partial charge in [0.2, 0.25) is 21.8 Å². The number of carbonyl (C=O) groups is 2. The molecule has 0 aliphatic heterocycles. The molecule has 3 rings (SSSR count). The zero-order valence-electron chi connectivity index (χ0n) is 21.2. The summed E-state index contributed by atoms with van der Waals surface area (Å²) in [6.45, 7) is 1.46. The molecular formula is C27H27Cl4N3O4S. The van der Waals surface area contributed by atoms with Gasteiger partial charge >= 0.3 is 0 Å². The molecule has 0 aliphatic carbocycles. The van der Waals surface area contributed by atoms with Crippen LogP contribution < -0.4 is 9.62 Å². The maximum atomic E-state index is 14.0. The lowest BCUT2D eigenvalue weighted by atomic mass is 10.0. The van der Waals surface area contributed by atoms with Gasteiger partial charge in [-0.3, -0.25) is 13.9 Å². The standard InChI is InChI=1S/C27H27Cl4N3O4S/c1-3-32-27(36)24(15-18-8-5-4-6-9-18)33(16-19-12-13-20(28)22(30)14-19)25(35)17-34(39(2,37)38)23-11-7-10-21(29)26(23)31/h4-14,24H,3,15-17H2,1-2H3,(H,32,36). The van der Waals surface area contributed by atoms with E-state index >= 15 is 0 Å². The summed E-state index contributed by atoms with van der Waals surface area (Å²) in [5, 5.41) is 3.52. The van der Waals surface area contributed by atoms with Crippen molar-refractivity contribution in [3.05, 3.63) is 97.9 Å². The molecule has 1 unspecified atom stereocenters. The topological polar surface area (TPSA) is 86.8 Å². The Morgan fingerprint density at radius 3 is 2.18 bits per heavy atom. The molecule has 1 N–H and O–H groups in total. The Bertz CT molecular complexity index is 1440. The van der Waals surface area contributed by atoms with E-state index in [1.807, 2.05) is 30.3 Å². The van der Waals surface area contributed by atoms with Crippen LogP contribution in [0.25, 0.3) is 0 Å². The number of benzene rings is 3. The van der Waals surface area contributed by atoms with Gasteiger partial charge in [0.15, 0.2) is 0 Å². The summed E-state index contributed by atoms with van der Waals surface area (Å²) in [5.41, 5.74) is 1.47. The van der Waals surface area contributed by atoms with Gasteiger partial charge in [-0.05, 0) is 42.3 Å². The van der Waals surface area contributed by atoms with Crippen LogP contribution in [0, 0.1) is 0 Å². The van der Waals surface area contributed by atoms with Crippen molar-refractivity contribution in [2.45, 2.75) is 25.9 Å². The maximum Gasteiger partial charge on any atom is 0.244 e. The molecule has 39 heavy (non-hydrogen) atoms. The number of nitrogens with zero attached hydrogens (tertiary/aromatic N) is 2. The van der Waals surface area contributed by atoms with Crippen LogP contribution in [0.2, 0.25) is 20.1 Å². The molecule has 0 heterocycles. The molecule has 208 valence electrons. The highest BCUT2D eigenvalue weighted by Gasteiger charge is 2.33. The molecule has 12 heteroatoms. The highest BCUT2D eigenvalue weighted by atomic mass is 35.5. The van der Waals surface area contributed by atoms with Gasteiger partial charge in [0, 0.05) is 19.5 Å². The van der Waals surface area contributed by atoms with E-state index in [4.69, 9.17) is 46.4 Å². The van der Waals surface area contributed by atoms with Gasteiger partial charge in [-0.25, -0.2) is 8.42 Å². The number of amides is 2. The van der Waals surface area contributed by atoms with Crippen LogP contribution in [0.15, 0.2) is 66.7 Å². The molecule has 0 saturated heterocycles. The lowest BCUT2D eigenvalue weighted by Crippen LogP contribution is -2.53. The molecule has 0 aromatic heterocycles. The summed E-state index contributed by atoms with van der Waals surface area (Å²) in [6.07, 6.45) is 1.16. The summed E-state index contributed by atoms with van der Waals surface area (Å²) in [5.74, 6) is -1.02. The molecule has 0 aliphatic rings. The number of anilines is 1. The average molecular weight is 631 g/mol. The molecule has 3 aromatic carbocycles. The third kappa shape index (κ3) is 8.25. The molecule has 0 bridgehead atoms. The van der Waals surface area contributed by atoms with Crippen LogP contribution in [-0.2, 0) is 32.6 Å². The second-order valence-corrected chi connectivity index (χ2v) is 12.2. The fourth-order valence-electron chi connectivity index (χ4n) is 3.96. The first-order chi connectivity index (χ1) is 18.4. The van der Waals surface area contributed by atoms with E-state index in [2.05, 4.69) is 5.32 Å². The number of likely N-dealkylation sites (N-methyl/N-ethyl adjacent to an activating group) is 1. The Balaban J connectivity index is 2.08. The summed E-state index contributed by atoms with van der Waals surface area (Å²) in [7, 11) is -3.98. The lowest BCUT2D eigenvalue weighted by molar-refractivity contribution is -0.140. The quantitative estimate of drug-likeness (QED) is 0.288. The number of carbonyl (C=O) groups excluding carboxylic acids is 2. The van der Waals surface area contributed by atoms with Gasteiger partial charge < -0.3 is 10.2 Å². The largest absolute Gasteiger partial charge is 0.355 e. The van der Waals surface area contributed by atoms with Crippen LogP contribution in [0.4, 0.5) is 5.69 Å². The fourth-order valence-corrected chi connectivity index (χ4v) is 5.58. The van der Waals surface area contributed by atoms with Crippen LogP contribution in [0.5, 0.6) is 0 Å². The lowest BCUT2D eigenvalue weighted by Gasteiger charge is -2.33. The van der Waals surface area contributed by atoms with E-state index in [-0.39, 0.29) is 39.6 Å². The number of halogens is 4. The van der Waals surface area contributed by atoms with Crippen LogP contribution in [0.3, 0.4) is 0 Å². The van der Waals surface area contributed by atoms with Crippen LogP contribution in [0.1, 0.15) is 18.1 Å². The van der Waals surface area contributed by atoms with Crippen molar-refractivity contribution in [3.8, 4) is 0 Å². The van der Waals surface area contributed by atoms with Gasteiger partial charge in [0.25, 0.3) is 0 Å². The van der Waals surface area contributed by atoms with Crippen LogP contribution in [-0.4, -0.2) is 50.5 Å². The van der Waals surface area contributed by atoms with Crippen molar-refractivity contribution in [2.24, 2.45) is 0 Å². The van der Waals surface area contributed by atoms with E-state index in [0.717, 1.165) is 16.1 Å². The smallest absolute Gasteiger partial charge is 0.244 e. The molecule has 2 amide bonds. The molecule has 0 saturated carbocycles. The molecule has 0 fully saturated rings. The first kappa shape index (κ1) is 31.0. The van der Waals surface area contributed by atoms with Gasteiger partial charge in [0.1, 0.15) is 12.6 Å². The number of rotatable bonds is 11. The fraction of sp³-hybridized carbons (Fsp3) is 0.259. The molecule has 0 spiro atoms. The van der Waals surface area contributed by atoms with Crippen molar-refractivity contribution in [1.82, 2.24) is 10.2 Å². The predicted octanol–water partition coefficient (Wildman–Crippen LogP) is 5.84. The minimum absolute atomic E-state index is 0.0158. The predicted molar refractivity (Wildman–Crippen MR) is 158 cm³/mol. The molecule has 1 atom stereocenters. The van der Waals surface area contributed by atoms with E-state index in [1.165, 1.54) is 23.1 Å². The first-order valence-corrected chi connectivity index (χ1v) is 15.2. The summed E-state index contributed by atoms with van der Waals surface area (Å²) >= 11 is 24.8. The number of nitrogens with one attached hydrogen (secondary N) is 1. The SMILES string of the molecule is CCNC(=O)C(Cc1ccccc1)N(Cc1ccc(Cl)c(Cl)c1)C(=O)CN(c1cccc(Cl)c1Cl)S(C)(=O)=O. The first-order valence-electron chi connectivity index (χ1n) is 11.9. The average Bonchev–Trinajstić information content (AvgIpc) is 2.88. The molecular weight excluding hydrogens is 604 g/mol. The minimum atomic E-state index is -3.98. The Morgan fingerprint density at radius 2 is 1.56 bits per heavy atom. The van der Waals surface area contributed by atoms with Gasteiger partial charge in [-0.15, -0.1) is 0 Å². The molecule has 7 nitrogen and oxygen atoms in total. The van der Waals surface area contributed by atoms with E-state index in [0.29, 0.717) is 17.1 Å². The third-order valence-corrected chi connectivity index (χ3v) is 8.51. The van der Waals surface area contributed by atoms with Gasteiger partial charge in [0.05, 0.1) is 32.0 Å². The van der Waals surface area contributed by atoms with Crippen molar-refractivity contribution in [2.75, 3.05) is 23.7 Å². The van der Waals surface area contributed by atoms with Gasteiger partial charge in [-0.1, -0.05) is 88.9 Å². The Labute approximate surface area is 248 Å². The number of sulfonamides is 1. The monoisotopic (exact) mass is 629 g/mol. The second kappa shape index (κ2) is 13.7. The summed E-state index contributed by atoms with van der Waals surface area (Å²) < 4.78 is 26.5. The van der Waals surface area contributed by atoms with E-state index in [9.17, 15) is 18.0 Å². The third-order valence-electron chi connectivity index (χ3n) is 5.84. The Morgan fingerprint density at radius 1 is 0.872 bits per heavy atom. The minimum Gasteiger partial charge on any atom is -0.355 e. The highest BCUT2D eigenvalue weighted by molar-refractivity contribution is 7.92. The summed E-state index contributed by atoms with van der Waals surface area (Å²) in [6, 6.07) is 17.6.